The number of likely N-dealkylation sites (tertiary alicyclic amines) is 1. The van der Waals surface area contributed by atoms with E-state index in [-0.39, 0.29) is 0 Å². The van der Waals surface area contributed by atoms with Gasteiger partial charge in [-0.15, -0.1) is 0 Å². The van der Waals surface area contributed by atoms with Gasteiger partial charge in [0.05, 0.1) is 0 Å². The first kappa shape index (κ1) is 17.0. The van der Waals surface area contributed by atoms with Gasteiger partial charge in [-0.2, -0.15) is 0 Å². The van der Waals surface area contributed by atoms with Crippen LogP contribution in [0.3, 0.4) is 0 Å². The maximum atomic E-state index is 3.64. The van der Waals surface area contributed by atoms with E-state index in [1.165, 1.54) is 42.4 Å². The monoisotopic (exact) mass is 352 g/mol. The Balaban J connectivity index is 1.96. The predicted octanol–water partition coefficient (Wildman–Crippen LogP) is 4.61. The molecule has 2 nitrogen and oxygen atoms in total. The zero-order valence-electron chi connectivity index (χ0n) is 13.6. The first-order valence-corrected chi connectivity index (χ1v) is 9.12. The van der Waals surface area contributed by atoms with Gasteiger partial charge < -0.3 is 10.2 Å². The van der Waals surface area contributed by atoms with Crippen molar-refractivity contribution in [2.45, 2.75) is 52.1 Å². The number of nitrogens with one attached hydrogen (secondary N) is 1. The van der Waals surface area contributed by atoms with Crippen molar-refractivity contribution >= 4 is 15.9 Å². The minimum atomic E-state index is 0.455. The summed E-state index contributed by atoms with van der Waals surface area (Å²) in [4.78, 5) is 2.68. The van der Waals surface area contributed by atoms with E-state index in [0.29, 0.717) is 6.04 Å². The van der Waals surface area contributed by atoms with Crippen molar-refractivity contribution in [1.82, 2.24) is 10.2 Å². The zero-order chi connectivity index (χ0) is 15.2. The van der Waals surface area contributed by atoms with Crippen molar-refractivity contribution in [3.8, 4) is 0 Å². The number of rotatable bonds is 6. The molecule has 1 aliphatic rings. The molecule has 1 saturated heterocycles. The van der Waals surface area contributed by atoms with Gasteiger partial charge in [-0.1, -0.05) is 41.9 Å². The molecular formula is C18H29BrN2. The van der Waals surface area contributed by atoms with Gasteiger partial charge in [0.1, 0.15) is 0 Å². The molecule has 3 heteroatoms. The molecule has 1 heterocycles. The molecule has 118 valence electrons. The molecule has 0 aliphatic carbocycles. The molecule has 1 aliphatic heterocycles. The van der Waals surface area contributed by atoms with Crippen LogP contribution < -0.4 is 5.32 Å². The number of hydrogen-bond acceptors (Lipinski definition) is 2. The minimum absolute atomic E-state index is 0.455. The molecule has 3 unspecified atom stereocenters. The van der Waals surface area contributed by atoms with Crippen LogP contribution in [0.25, 0.3) is 0 Å². The van der Waals surface area contributed by atoms with Gasteiger partial charge in [-0.25, -0.2) is 0 Å². The Morgan fingerprint density at radius 3 is 2.86 bits per heavy atom. The highest BCUT2D eigenvalue weighted by Crippen LogP contribution is 2.25. The molecule has 1 aromatic rings. The Hall–Kier alpha value is -0.380. The van der Waals surface area contributed by atoms with E-state index in [1.54, 1.807) is 0 Å². The van der Waals surface area contributed by atoms with E-state index in [0.717, 1.165) is 18.5 Å². The lowest BCUT2D eigenvalue weighted by Crippen LogP contribution is -2.42. The zero-order valence-corrected chi connectivity index (χ0v) is 15.2. The van der Waals surface area contributed by atoms with E-state index in [4.69, 9.17) is 0 Å². The second-order valence-corrected chi connectivity index (χ2v) is 7.40. The average molecular weight is 353 g/mol. The quantitative estimate of drug-likeness (QED) is 0.803. The molecule has 0 spiro atoms. The van der Waals surface area contributed by atoms with Gasteiger partial charge in [0, 0.05) is 29.6 Å². The molecule has 1 fully saturated rings. The van der Waals surface area contributed by atoms with Crippen LogP contribution in [0.1, 0.15) is 51.6 Å². The Labute approximate surface area is 138 Å². The number of nitrogens with zero attached hydrogens (tertiary/aromatic N) is 1. The van der Waals surface area contributed by atoms with E-state index in [2.05, 4.69) is 71.2 Å². The number of piperidine rings is 1. The molecule has 0 saturated carbocycles. The molecule has 0 radical (unpaired) electrons. The summed E-state index contributed by atoms with van der Waals surface area (Å²) in [6, 6.07) is 9.91. The van der Waals surface area contributed by atoms with Crippen molar-refractivity contribution in [2.75, 3.05) is 19.6 Å². The summed E-state index contributed by atoms with van der Waals surface area (Å²) >= 11 is 3.59. The van der Waals surface area contributed by atoms with Crippen molar-refractivity contribution in [3.05, 3.63) is 34.3 Å². The lowest BCUT2D eigenvalue weighted by molar-refractivity contribution is 0.119. The van der Waals surface area contributed by atoms with E-state index < -0.39 is 0 Å². The van der Waals surface area contributed by atoms with Crippen LogP contribution in [-0.4, -0.2) is 30.6 Å². The summed E-state index contributed by atoms with van der Waals surface area (Å²) in [6.07, 6.45) is 3.92. The van der Waals surface area contributed by atoms with Crippen molar-refractivity contribution in [3.63, 3.8) is 0 Å². The Morgan fingerprint density at radius 2 is 2.14 bits per heavy atom. The van der Waals surface area contributed by atoms with Gasteiger partial charge in [-0.3, -0.25) is 0 Å². The highest BCUT2D eigenvalue weighted by molar-refractivity contribution is 9.10. The largest absolute Gasteiger partial charge is 0.310 e. The SMILES string of the molecule is CCNC(CCN1CC(C)CCC1C)c1cccc(Br)c1. The molecule has 0 aromatic heterocycles. The minimum Gasteiger partial charge on any atom is -0.310 e. The Kier molecular flexibility index (Phi) is 6.72. The van der Waals surface area contributed by atoms with Gasteiger partial charge >= 0.3 is 0 Å². The highest BCUT2D eigenvalue weighted by Gasteiger charge is 2.23. The Bertz CT molecular complexity index is 435. The standard InChI is InChI=1S/C18H29BrN2/c1-4-20-18(16-6-5-7-17(19)12-16)10-11-21-13-14(2)8-9-15(21)3/h5-7,12,14-15,18,20H,4,8-11,13H2,1-3H3. The highest BCUT2D eigenvalue weighted by atomic mass is 79.9. The van der Waals surface area contributed by atoms with Gasteiger partial charge in [0.2, 0.25) is 0 Å². The van der Waals surface area contributed by atoms with Crippen LogP contribution in [0.2, 0.25) is 0 Å². The third kappa shape index (κ3) is 5.08. The fraction of sp³-hybridized carbons (Fsp3) is 0.667. The van der Waals surface area contributed by atoms with Gasteiger partial charge in [0.25, 0.3) is 0 Å². The topological polar surface area (TPSA) is 15.3 Å². The second kappa shape index (κ2) is 8.30. The van der Waals surface area contributed by atoms with Gasteiger partial charge in [0.15, 0.2) is 0 Å². The molecule has 0 bridgehead atoms. The molecule has 1 aromatic carbocycles. The molecule has 2 rings (SSSR count). The first-order valence-electron chi connectivity index (χ1n) is 8.33. The lowest BCUT2D eigenvalue weighted by atomic mass is 9.94. The maximum Gasteiger partial charge on any atom is 0.0332 e. The summed E-state index contributed by atoms with van der Waals surface area (Å²) in [5.74, 6) is 0.852. The summed E-state index contributed by atoms with van der Waals surface area (Å²) in [5.41, 5.74) is 1.39. The number of benzene rings is 1. The molecular weight excluding hydrogens is 324 g/mol. The van der Waals surface area contributed by atoms with Crippen LogP contribution in [0.4, 0.5) is 0 Å². The molecule has 3 atom stereocenters. The molecule has 0 amide bonds. The molecule has 21 heavy (non-hydrogen) atoms. The van der Waals surface area contributed by atoms with E-state index in [1.807, 2.05) is 0 Å². The van der Waals surface area contributed by atoms with Crippen LogP contribution in [0, 0.1) is 5.92 Å². The predicted molar refractivity (Wildman–Crippen MR) is 94.6 cm³/mol. The summed E-state index contributed by atoms with van der Waals surface area (Å²) in [5, 5.41) is 3.64. The second-order valence-electron chi connectivity index (χ2n) is 6.48. The van der Waals surface area contributed by atoms with Crippen LogP contribution in [0.5, 0.6) is 0 Å². The normalized spacial score (nSPS) is 25.0. The first-order chi connectivity index (χ1) is 10.1. The van der Waals surface area contributed by atoms with Gasteiger partial charge in [-0.05, 0) is 56.3 Å². The fourth-order valence-electron chi connectivity index (χ4n) is 3.34. The van der Waals surface area contributed by atoms with Crippen LogP contribution >= 0.6 is 15.9 Å². The smallest absolute Gasteiger partial charge is 0.0332 e. The van der Waals surface area contributed by atoms with Crippen LogP contribution in [-0.2, 0) is 0 Å². The van der Waals surface area contributed by atoms with E-state index >= 15 is 0 Å². The number of hydrogen-bond donors (Lipinski definition) is 1. The third-order valence-corrected chi connectivity index (χ3v) is 5.15. The summed E-state index contributed by atoms with van der Waals surface area (Å²) in [7, 11) is 0. The third-order valence-electron chi connectivity index (χ3n) is 4.65. The maximum absolute atomic E-state index is 3.64. The van der Waals surface area contributed by atoms with Crippen LogP contribution in [0.15, 0.2) is 28.7 Å². The summed E-state index contributed by atoms with van der Waals surface area (Å²) in [6.45, 7) is 10.4. The Morgan fingerprint density at radius 1 is 1.33 bits per heavy atom. The van der Waals surface area contributed by atoms with Crippen molar-refractivity contribution in [1.29, 1.82) is 0 Å². The van der Waals surface area contributed by atoms with Crippen molar-refractivity contribution < 1.29 is 0 Å². The fourth-order valence-corrected chi connectivity index (χ4v) is 3.76. The summed E-state index contributed by atoms with van der Waals surface area (Å²) < 4.78 is 1.17. The van der Waals surface area contributed by atoms with Crippen molar-refractivity contribution in [2.24, 2.45) is 5.92 Å². The average Bonchev–Trinajstić information content (AvgIpc) is 2.46. The number of halogens is 1. The van der Waals surface area contributed by atoms with E-state index in [9.17, 15) is 0 Å². The lowest BCUT2D eigenvalue weighted by Gasteiger charge is -2.37. The molecule has 1 N–H and O–H groups in total.